The van der Waals surface area contributed by atoms with Crippen LogP contribution in [0.5, 0.6) is 0 Å². The van der Waals surface area contributed by atoms with Gasteiger partial charge in [0.15, 0.2) is 0 Å². The Morgan fingerprint density at radius 1 is 1.58 bits per heavy atom. The van der Waals surface area contributed by atoms with Gasteiger partial charge >= 0.3 is 7.56 Å². The van der Waals surface area contributed by atoms with Gasteiger partial charge in [-0.25, -0.2) is 0 Å². The molecule has 0 saturated heterocycles. The average Bonchev–Trinajstić information content (AvgIpc) is 2.09. The average molecular weight is 170 g/mol. The predicted octanol–water partition coefficient (Wildman–Crippen LogP) is 3.19. The van der Waals surface area contributed by atoms with Crippen LogP contribution in [-0.4, -0.2) is 7.56 Å². The molecule has 0 heterocycles. The van der Waals surface area contributed by atoms with E-state index < -0.39 is 0 Å². The topological polar surface area (TPSA) is 0 Å². The minimum Gasteiger partial charge on any atom is -0.341 e. The van der Waals surface area contributed by atoms with Crippen molar-refractivity contribution in [2.75, 3.05) is 0 Å². The first kappa shape index (κ1) is 10.1. The molecule has 0 aromatic carbocycles. The molecular weight excluding hydrogens is 150 g/mol. The fraction of sp³-hybridized carbons (Fsp3) is 1.00. The molecule has 0 aliphatic heterocycles. The molecule has 4 atom stereocenters. The number of halogens is 1. The highest BCUT2D eigenvalue weighted by Crippen LogP contribution is 2.48. The Hall–Kier alpha value is -0.00506. The molecule has 1 rings (SSSR count). The summed E-state index contributed by atoms with van der Waals surface area (Å²) in [5.74, 6) is 2.64. The fourth-order valence-electron chi connectivity index (χ4n) is 2.33. The summed E-state index contributed by atoms with van der Waals surface area (Å²) < 4.78 is 12.4. The largest absolute Gasteiger partial charge is 0.341 e. The standard InChI is InChI=1S/C10H20BF/c1-4-7(2)5-9-8(3)6-10(9)11-12/h7-11H,4-6H2,1-3H3. The van der Waals surface area contributed by atoms with E-state index in [1.54, 1.807) is 0 Å². The molecule has 0 radical (unpaired) electrons. The summed E-state index contributed by atoms with van der Waals surface area (Å²) in [5.41, 5.74) is 0. The second-order valence-corrected chi connectivity index (χ2v) is 4.54. The van der Waals surface area contributed by atoms with Gasteiger partial charge in [0, 0.05) is 0 Å². The van der Waals surface area contributed by atoms with Crippen LogP contribution in [-0.2, 0) is 0 Å². The fourth-order valence-corrected chi connectivity index (χ4v) is 2.33. The molecule has 0 aromatic heterocycles. The lowest BCUT2D eigenvalue weighted by Crippen LogP contribution is -2.34. The van der Waals surface area contributed by atoms with Crippen molar-refractivity contribution < 1.29 is 4.32 Å². The molecule has 4 unspecified atom stereocenters. The summed E-state index contributed by atoms with van der Waals surface area (Å²) in [6.45, 7) is 6.76. The number of rotatable bonds is 4. The summed E-state index contributed by atoms with van der Waals surface area (Å²) in [5, 5.41) is 0. The first-order valence-electron chi connectivity index (χ1n) is 5.25. The van der Waals surface area contributed by atoms with Gasteiger partial charge in [0.2, 0.25) is 0 Å². The van der Waals surface area contributed by atoms with Crippen LogP contribution in [0.4, 0.5) is 4.32 Å². The molecule has 1 fully saturated rings. The zero-order chi connectivity index (χ0) is 9.14. The second-order valence-electron chi connectivity index (χ2n) is 4.54. The molecule has 0 aromatic rings. The van der Waals surface area contributed by atoms with E-state index in [1.165, 1.54) is 12.8 Å². The second kappa shape index (κ2) is 4.29. The lowest BCUT2D eigenvalue weighted by Gasteiger charge is -2.42. The molecule has 12 heavy (non-hydrogen) atoms. The number of hydrogen-bond acceptors (Lipinski definition) is 0. The third-order valence-corrected chi connectivity index (χ3v) is 3.58. The molecule has 0 nitrogen and oxygen atoms in total. The normalized spacial score (nSPS) is 37.2. The molecule has 1 saturated carbocycles. The highest BCUT2D eigenvalue weighted by Gasteiger charge is 2.38. The van der Waals surface area contributed by atoms with Crippen LogP contribution in [0.2, 0.25) is 5.82 Å². The zero-order valence-electron chi connectivity index (χ0n) is 8.52. The van der Waals surface area contributed by atoms with Crippen molar-refractivity contribution in [2.45, 2.75) is 45.9 Å². The van der Waals surface area contributed by atoms with E-state index in [2.05, 4.69) is 20.8 Å². The van der Waals surface area contributed by atoms with Crippen molar-refractivity contribution in [2.24, 2.45) is 17.8 Å². The maximum absolute atomic E-state index is 12.4. The summed E-state index contributed by atoms with van der Waals surface area (Å²) in [6.07, 6.45) is 3.60. The van der Waals surface area contributed by atoms with E-state index in [-0.39, 0.29) is 7.56 Å². The Labute approximate surface area is 76.2 Å². The van der Waals surface area contributed by atoms with Gasteiger partial charge in [-0.05, 0) is 30.0 Å². The van der Waals surface area contributed by atoms with Gasteiger partial charge in [-0.3, -0.25) is 0 Å². The summed E-state index contributed by atoms with van der Waals surface area (Å²) in [4.78, 5) is 0. The minimum atomic E-state index is -0.0918. The van der Waals surface area contributed by atoms with E-state index in [4.69, 9.17) is 0 Å². The Kier molecular flexibility index (Phi) is 3.61. The highest BCUT2D eigenvalue weighted by atomic mass is 19.1. The van der Waals surface area contributed by atoms with Crippen LogP contribution >= 0.6 is 0 Å². The molecule has 0 amide bonds. The lowest BCUT2D eigenvalue weighted by atomic mass is 9.53. The van der Waals surface area contributed by atoms with Crippen LogP contribution in [0.15, 0.2) is 0 Å². The smallest absolute Gasteiger partial charge is 0.334 e. The molecule has 0 bridgehead atoms. The van der Waals surface area contributed by atoms with Crippen molar-refractivity contribution in [3.8, 4) is 0 Å². The van der Waals surface area contributed by atoms with Crippen LogP contribution in [0.1, 0.15) is 40.0 Å². The quantitative estimate of drug-likeness (QED) is 0.568. The Balaban J connectivity index is 2.29. The van der Waals surface area contributed by atoms with E-state index >= 15 is 0 Å². The van der Waals surface area contributed by atoms with Crippen molar-refractivity contribution >= 4 is 7.56 Å². The Morgan fingerprint density at radius 2 is 2.25 bits per heavy atom. The molecule has 1 aliphatic rings. The lowest BCUT2D eigenvalue weighted by molar-refractivity contribution is 0.155. The molecule has 0 N–H and O–H groups in total. The van der Waals surface area contributed by atoms with Crippen LogP contribution in [0.3, 0.4) is 0 Å². The van der Waals surface area contributed by atoms with Crippen LogP contribution in [0.25, 0.3) is 0 Å². The van der Waals surface area contributed by atoms with Crippen LogP contribution in [0, 0.1) is 17.8 Å². The molecule has 70 valence electrons. The Bertz CT molecular complexity index is 138. The third-order valence-electron chi connectivity index (χ3n) is 3.58. The van der Waals surface area contributed by atoms with Gasteiger partial charge < -0.3 is 4.32 Å². The van der Waals surface area contributed by atoms with Gasteiger partial charge in [0.05, 0.1) is 0 Å². The molecular formula is C10H20BF. The maximum atomic E-state index is 12.4. The summed E-state index contributed by atoms with van der Waals surface area (Å²) >= 11 is 0. The van der Waals surface area contributed by atoms with E-state index in [0.717, 1.165) is 18.3 Å². The zero-order valence-corrected chi connectivity index (χ0v) is 8.52. The van der Waals surface area contributed by atoms with Crippen molar-refractivity contribution in [1.82, 2.24) is 0 Å². The minimum absolute atomic E-state index is 0.0918. The summed E-state index contributed by atoms with van der Waals surface area (Å²) in [6, 6.07) is 0. The third kappa shape index (κ3) is 2.02. The monoisotopic (exact) mass is 170 g/mol. The first-order valence-corrected chi connectivity index (χ1v) is 5.25. The van der Waals surface area contributed by atoms with Gasteiger partial charge in [0.1, 0.15) is 0 Å². The van der Waals surface area contributed by atoms with Gasteiger partial charge in [-0.15, -0.1) is 0 Å². The van der Waals surface area contributed by atoms with Gasteiger partial charge in [-0.1, -0.05) is 33.6 Å². The highest BCUT2D eigenvalue weighted by molar-refractivity contribution is 6.29. The van der Waals surface area contributed by atoms with E-state index in [9.17, 15) is 4.32 Å². The molecule has 2 heteroatoms. The first-order chi connectivity index (χ1) is 5.69. The van der Waals surface area contributed by atoms with Gasteiger partial charge in [-0.2, -0.15) is 0 Å². The van der Waals surface area contributed by atoms with Crippen LogP contribution < -0.4 is 0 Å². The van der Waals surface area contributed by atoms with Crippen molar-refractivity contribution in [3.63, 3.8) is 0 Å². The summed E-state index contributed by atoms with van der Waals surface area (Å²) in [7, 11) is -0.0918. The van der Waals surface area contributed by atoms with E-state index in [1.807, 2.05) is 0 Å². The number of hydrogen-bond donors (Lipinski definition) is 0. The Morgan fingerprint density at radius 3 is 2.67 bits per heavy atom. The maximum Gasteiger partial charge on any atom is 0.334 e. The predicted molar refractivity (Wildman–Crippen MR) is 53.4 cm³/mol. The van der Waals surface area contributed by atoms with E-state index in [0.29, 0.717) is 11.7 Å². The van der Waals surface area contributed by atoms with Crippen molar-refractivity contribution in [1.29, 1.82) is 0 Å². The SMILES string of the molecule is CCC(C)CC1C(C)CC1BF. The van der Waals surface area contributed by atoms with Gasteiger partial charge in [0.25, 0.3) is 0 Å². The molecule has 0 spiro atoms. The van der Waals surface area contributed by atoms with Crippen molar-refractivity contribution in [3.05, 3.63) is 0 Å². The molecule has 1 aliphatic carbocycles.